The molecule has 1 aromatic heterocycles. The van der Waals surface area contributed by atoms with Crippen molar-refractivity contribution in [1.82, 2.24) is 4.98 Å². The number of carbonyl (C=O) groups excluding carboxylic acids is 3. The standard InChI is InChI=1S/2C17H21BrN2O5.C14H18BrIN2O5/c1-8-7-10-12(18)11(9(2)14(20(22)23)13(10)19-8)15(16(21)24-6)25-17(3,4)5;1-7-8-10-12(18)11(9(2)14(13(10)19)20(22)23)15(16(21)24-6)25-17(3,4)5;1-6-7(12(13(19)22-5)23-14(2,3)4)8(15)9(16)10(17)11(6)18(20)21/h7,15,19H,1-6H3;15H,19H2,1-6H3;12H,17H2,1-5H3/t2*15-;12-/m000/s1. The number of aromatic amines is 1. The minimum atomic E-state index is -1.17. The van der Waals surface area contributed by atoms with E-state index >= 15 is 0 Å². The number of nitro benzene ring substituents is 3. The number of hydrogen-bond acceptors (Lipinski definition) is 17. The van der Waals surface area contributed by atoms with Gasteiger partial charge in [0.05, 0.1) is 62.0 Å². The van der Waals surface area contributed by atoms with E-state index in [1.165, 1.54) is 35.2 Å². The number of aromatic nitrogens is 1. The Hall–Kier alpha value is -4.98. The summed E-state index contributed by atoms with van der Waals surface area (Å²) in [5.74, 6) is 3.49. The lowest BCUT2D eigenvalue weighted by molar-refractivity contribution is -0.384. The average molecular weight is 1330 g/mol. The fraction of sp³-hybridized carbons (Fsp3) is 0.479. The molecule has 0 radical (unpaired) electrons. The Kier molecular flexibility index (Phi) is 22.4. The summed E-state index contributed by atoms with van der Waals surface area (Å²) in [4.78, 5) is 72.9. The van der Waals surface area contributed by atoms with Crippen molar-refractivity contribution in [2.75, 3.05) is 32.8 Å². The molecule has 0 saturated carbocycles. The number of methoxy groups -OCH3 is 3. The molecule has 0 fully saturated rings. The normalized spacial score (nSPS) is 12.7. The fourth-order valence-electron chi connectivity index (χ4n) is 7.21. The number of anilines is 2. The van der Waals surface area contributed by atoms with Gasteiger partial charge < -0.3 is 44.9 Å². The summed E-state index contributed by atoms with van der Waals surface area (Å²) in [5.41, 5.74) is 12.4. The second-order valence-corrected chi connectivity index (χ2v) is 22.4. The van der Waals surface area contributed by atoms with Gasteiger partial charge in [0.1, 0.15) is 16.9 Å². The SMILES string of the molecule is CC#Cc1c(N)c([N+](=O)[O-])c(C)c([C@H](OC(C)(C)C)C(=O)OC)c1Br.COC(=O)[C@@H](OC(C)(C)C)c1c(C)c([N+](=O)[O-])c(N)c(I)c1Br.COC(=O)[C@@H](OC(C)(C)C)c1c(C)c([N+](=O)[O-])c2[nH]c(C)cc2c1Br. The highest BCUT2D eigenvalue weighted by atomic mass is 127. The molecular weight excluding hydrogens is 1270 g/mol. The summed E-state index contributed by atoms with van der Waals surface area (Å²) in [6.45, 7) is 24.1. The number of nitrogens with zero attached hydrogens (tertiary/aromatic N) is 3. The summed E-state index contributed by atoms with van der Waals surface area (Å²) in [7, 11) is 3.72. The molecule has 0 aliphatic carbocycles. The molecule has 3 aromatic carbocycles. The summed E-state index contributed by atoms with van der Waals surface area (Å²) >= 11 is 12.1. The number of fused-ring (bicyclic) bond motifs is 1. The van der Waals surface area contributed by atoms with Crippen molar-refractivity contribution in [3.05, 3.63) is 98.0 Å². The molecule has 1 heterocycles. The molecule has 4 aromatic rings. The number of rotatable bonds is 12. The first-order valence-corrected chi connectivity index (χ1v) is 25.1. The molecule has 0 spiro atoms. The Balaban J connectivity index is 0.000000376. The van der Waals surface area contributed by atoms with Crippen LogP contribution in [-0.4, -0.2) is 75.8 Å². The van der Waals surface area contributed by atoms with Gasteiger partial charge in [-0.05, 0) is 173 Å². The Morgan fingerprint density at radius 2 is 0.945 bits per heavy atom. The third-order valence-electron chi connectivity index (χ3n) is 10.1. The van der Waals surface area contributed by atoms with Gasteiger partial charge in [0, 0.05) is 57.9 Å². The number of halogens is 4. The van der Waals surface area contributed by atoms with Gasteiger partial charge in [0.15, 0.2) is 18.3 Å². The highest BCUT2D eigenvalue weighted by molar-refractivity contribution is 14.1. The first-order valence-electron chi connectivity index (χ1n) is 21.7. The lowest BCUT2D eigenvalue weighted by Crippen LogP contribution is -2.29. The van der Waals surface area contributed by atoms with Crippen molar-refractivity contribution in [3.8, 4) is 11.8 Å². The van der Waals surface area contributed by atoms with E-state index in [2.05, 4.69) is 64.6 Å². The Morgan fingerprint density at radius 1 is 0.616 bits per heavy atom. The summed E-state index contributed by atoms with van der Waals surface area (Å²) < 4.78 is 33.9. The molecule has 4 rings (SSSR count). The minimum absolute atomic E-state index is 0.0445. The number of nitrogens with two attached hydrogens (primary N) is 2. The maximum Gasteiger partial charge on any atom is 0.339 e. The number of hydrogen-bond donors (Lipinski definition) is 3. The highest BCUT2D eigenvalue weighted by Gasteiger charge is 2.39. The molecule has 0 aliphatic heterocycles. The van der Waals surface area contributed by atoms with E-state index in [4.69, 9.17) is 39.9 Å². The number of esters is 3. The van der Waals surface area contributed by atoms with Crippen LogP contribution in [0.3, 0.4) is 0 Å². The van der Waals surface area contributed by atoms with E-state index in [0.29, 0.717) is 44.6 Å². The molecule has 0 amide bonds. The zero-order chi connectivity index (χ0) is 56.7. The number of nitrogens with one attached hydrogen (secondary N) is 1. The van der Waals surface area contributed by atoms with E-state index in [-0.39, 0.29) is 50.7 Å². The highest BCUT2D eigenvalue weighted by Crippen LogP contribution is 2.46. The van der Waals surface area contributed by atoms with Gasteiger partial charge in [-0.15, -0.1) is 5.92 Å². The minimum Gasteiger partial charge on any atom is -0.467 e. The monoisotopic (exact) mass is 1320 g/mol. The lowest BCUT2D eigenvalue weighted by atomic mass is 9.96. The smallest absolute Gasteiger partial charge is 0.339 e. The van der Waals surface area contributed by atoms with Gasteiger partial charge >= 0.3 is 17.9 Å². The third-order valence-corrected chi connectivity index (χ3v) is 14.4. The Morgan fingerprint density at radius 3 is 1.27 bits per heavy atom. The van der Waals surface area contributed by atoms with Crippen molar-refractivity contribution in [2.24, 2.45) is 0 Å². The van der Waals surface area contributed by atoms with E-state index < -0.39 is 67.8 Å². The van der Waals surface area contributed by atoms with E-state index in [0.717, 1.165) is 5.69 Å². The molecule has 3 atom stereocenters. The zero-order valence-corrected chi connectivity index (χ0v) is 50.4. The molecule has 0 saturated heterocycles. The van der Waals surface area contributed by atoms with Crippen LogP contribution in [0.2, 0.25) is 0 Å². The molecule has 400 valence electrons. The number of ether oxygens (including phenoxy) is 6. The number of benzene rings is 3. The Bertz CT molecular complexity index is 2890. The summed E-state index contributed by atoms with van der Waals surface area (Å²) in [6, 6.07) is 1.79. The fourth-order valence-corrected chi connectivity index (χ4v) is 10.1. The Labute approximate surface area is 461 Å². The van der Waals surface area contributed by atoms with Crippen molar-refractivity contribution in [3.63, 3.8) is 0 Å². The van der Waals surface area contributed by atoms with Crippen LogP contribution in [0.4, 0.5) is 28.4 Å². The van der Waals surface area contributed by atoms with Crippen LogP contribution in [0.25, 0.3) is 10.9 Å². The quantitative estimate of drug-likeness (QED) is 0.0226. The van der Waals surface area contributed by atoms with Crippen LogP contribution in [0.5, 0.6) is 0 Å². The van der Waals surface area contributed by atoms with Crippen LogP contribution in [0, 0.1) is 73.4 Å². The molecule has 0 bridgehead atoms. The summed E-state index contributed by atoms with van der Waals surface area (Å²) in [5, 5.41) is 35.2. The first-order chi connectivity index (χ1) is 33.3. The van der Waals surface area contributed by atoms with Gasteiger partial charge in [0.2, 0.25) is 0 Å². The summed E-state index contributed by atoms with van der Waals surface area (Å²) in [6.07, 6.45) is -3.36. The van der Waals surface area contributed by atoms with Gasteiger partial charge in [-0.25, -0.2) is 14.4 Å². The van der Waals surface area contributed by atoms with Crippen LogP contribution in [-0.2, 0) is 42.8 Å². The van der Waals surface area contributed by atoms with Crippen LogP contribution < -0.4 is 11.5 Å². The van der Waals surface area contributed by atoms with E-state index in [1.54, 1.807) is 82.2 Å². The predicted octanol–water partition coefficient (Wildman–Crippen LogP) is 12.0. The van der Waals surface area contributed by atoms with Crippen LogP contribution >= 0.6 is 70.4 Å². The number of H-pyrrole nitrogens is 1. The van der Waals surface area contributed by atoms with Gasteiger partial charge in [-0.3, -0.25) is 30.3 Å². The van der Waals surface area contributed by atoms with E-state index in [1.807, 2.05) is 29.5 Å². The zero-order valence-electron chi connectivity index (χ0n) is 43.4. The maximum atomic E-state index is 12.4. The molecule has 73 heavy (non-hydrogen) atoms. The van der Waals surface area contributed by atoms with Crippen LogP contribution in [0.1, 0.15) is 132 Å². The van der Waals surface area contributed by atoms with Crippen molar-refractivity contribution in [1.29, 1.82) is 0 Å². The van der Waals surface area contributed by atoms with Crippen molar-refractivity contribution >= 4 is 128 Å². The van der Waals surface area contributed by atoms with E-state index in [9.17, 15) is 44.7 Å². The van der Waals surface area contributed by atoms with Gasteiger partial charge in [0.25, 0.3) is 17.1 Å². The largest absolute Gasteiger partial charge is 0.467 e. The maximum absolute atomic E-state index is 12.4. The first kappa shape index (κ1) is 64.1. The lowest BCUT2D eigenvalue weighted by Gasteiger charge is -2.28. The number of aryl methyl sites for hydroxylation is 1. The molecule has 0 aliphatic rings. The molecular formula is C48H60Br3IN6O15. The average Bonchev–Trinajstić information content (AvgIpc) is 3.64. The number of nitro groups is 3. The molecule has 25 heteroatoms. The predicted molar refractivity (Wildman–Crippen MR) is 294 cm³/mol. The molecule has 21 nitrogen and oxygen atoms in total. The molecule has 0 unspecified atom stereocenters. The second kappa shape index (κ2) is 25.5. The van der Waals surface area contributed by atoms with Crippen LogP contribution in [0.15, 0.2) is 19.5 Å². The topological polar surface area (TPSA) is 304 Å². The third kappa shape index (κ3) is 15.5. The van der Waals surface area contributed by atoms with Crippen molar-refractivity contribution < 1.29 is 57.6 Å². The molecule has 5 N–H and O–H groups in total. The number of nitrogen functional groups attached to an aromatic ring is 2. The number of carbonyl (C=O) groups is 3. The van der Waals surface area contributed by atoms with Gasteiger partial charge in [-0.2, -0.15) is 0 Å². The second-order valence-electron chi connectivity index (χ2n) is 18.9. The van der Waals surface area contributed by atoms with Gasteiger partial charge in [-0.1, -0.05) is 5.92 Å². The van der Waals surface area contributed by atoms with Crippen molar-refractivity contribution in [2.45, 2.75) is 132 Å².